The molecule has 2 aliphatic rings. The Morgan fingerprint density at radius 3 is 2.61 bits per heavy atom. The average molecular weight is 255 g/mol. The number of hydrogen-bond donors (Lipinski definition) is 3. The van der Waals surface area contributed by atoms with E-state index in [0.717, 1.165) is 38.5 Å². The van der Waals surface area contributed by atoms with Crippen molar-refractivity contribution in [2.75, 3.05) is 0 Å². The van der Waals surface area contributed by atoms with E-state index in [1.54, 1.807) is 0 Å². The smallest absolute Gasteiger partial charge is 0.249 e. The molecule has 0 aromatic carbocycles. The lowest BCUT2D eigenvalue weighted by Crippen LogP contribution is -2.57. The minimum Gasteiger partial charge on any atom is -0.409 e. The number of nitrogens with zero attached hydrogens (tertiary/aromatic N) is 1. The molecule has 2 unspecified atom stereocenters. The first-order chi connectivity index (χ1) is 8.57. The molecule has 1 saturated carbocycles. The Hall–Kier alpha value is -1.30. The van der Waals surface area contributed by atoms with Gasteiger partial charge in [0.15, 0.2) is 5.84 Å². The molecule has 1 aliphatic carbocycles. The summed E-state index contributed by atoms with van der Waals surface area (Å²) in [5.74, 6) is -0.0488. The number of rotatable bonds is 3. The molecule has 18 heavy (non-hydrogen) atoms. The molecule has 0 radical (unpaired) electrons. The van der Waals surface area contributed by atoms with Crippen LogP contribution in [0.1, 0.15) is 45.4 Å². The van der Waals surface area contributed by atoms with Gasteiger partial charge in [-0.25, -0.2) is 0 Å². The van der Waals surface area contributed by atoms with Crippen molar-refractivity contribution in [1.29, 1.82) is 0 Å². The van der Waals surface area contributed by atoms with E-state index < -0.39 is 11.6 Å². The second-order valence-electron chi connectivity index (χ2n) is 5.28. The Labute approximate surface area is 107 Å². The zero-order chi connectivity index (χ0) is 13.2. The van der Waals surface area contributed by atoms with Gasteiger partial charge in [-0.1, -0.05) is 18.0 Å². The summed E-state index contributed by atoms with van der Waals surface area (Å²) >= 11 is 0. The lowest BCUT2D eigenvalue weighted by atomic mass is 9.95. The van der Waals surface area contributed by atoms with E-state index in [1.807, 2.05) is 6.92 Å². The summed E-state index contributed by atoms with van der Waals surface area (Å²) in [6.07, 6.45) is 4.74. The van der Waals surface area contributed by atoms with Gasteiger partial charge in [-0.2, -0.15) is 0 Å². The van der Waals surface area contributed by atoms with Crippen LogP contribution >= 0.6 is 0 Å². The molecule has 0 spiro atoms. The number of carbonyl (C=O) groups excluding carboxylic acids is 1. The molecule has 0 aromatic rings. The minimum atomic E-state index is -0.680. The van der Waals surface area contributed by atoms with Crippen molar-refractivity contribution in [2.24, 2.45) is 10.9 Å². The molecule has 1 heterocycles. The number of carbonyl (C=O) groups is 1. The monoisotopic (exact) mass is 255 g/mol. The predicted octanol–water partition coefficient (Wildman–Crippen LogP) is 0.729. The van der Waals surface area contributed by atoms with Crippen LogP contribution in [-0.2, 0) is 9.53 Å². The fourth-order valence-corrected chi connectivity index (χ4v) is 2.83. The van der Waals surface area contributed by atoms with E-state index >= 15 is 0 Å². The van der Waals surface area contributed by atoms with Gasteiger partial charge in [-0.05, 0) is 32.6 Å². The van der Waals surface area contributed by atoms with Crippen LogP contribution in [0.15, 0.2) is 5.16 Å². The molecule has 2 fully saturated rings. The van der Waals surface area contributed by atoms with Gasteiger partial charge < -0.3 is 21.0 Å². The summed E-state index contributed by atoms with van der Waals surface area (Å²) in [6.45, 7) is 1.96. The molecule has 1 aliphatic heterocycles. The predicted molar refractivity (Wildman–Crippen MR) is 66.3 cm³/mol. The highest BCUT2D eigenvalue weighted by Gasteiger charge is 2.42. The summed E-state index contributed by atoms with van der Waals surface area (Å²) in [4.78, 5) is 12.1. The molecule has 2 atom stereocenters. The molecule has 0 aromatic heterocycles. The largest absolute Gasteiger partial charge is 0.409 e. The molecule has 1 saturated heterocycles. The Bertz CT molecular complexity index is 350. The normalized spacial score (nSPS) is 31.5. The highest BCUT2D eigenvalue weighted by atomic mass is 16.5. The lowest BCUT2D eigenvalue weighted by molar-refractivity contribution is -0.133. The van der Waals surface area contributed by atoms with Crippen molar-refractivity contribution in [3.8, 4) is 0 Å². The van der Waals surface area contributed by atoms with E-state index in [4.69, 9.17) is 15.7 Å². The molecule has 2 rings (SSSR count). The Morgan fingerprint density at radius 1 is 1.44 bits per heavy atom. The van der Waals surface area contributed by atoms with Gasteiger partial charge in [0.2, 0.25) is 5.91 Å². The standard InChI is InChI=1S/C12H21N3O3/c1-8-4-5-9(18-8)10(16)14-12(11(13)15-17)6-2-3-7-12/h8-9,17H,2-7H2,1H3,(H2,13,15)(H,14,16). The van der Waals surface area contributed by atoms with Gasteiger partial charge in [0.1, 0.15) is 11.6 Å². The van der Waals surface area contributed by atoms with Crippen LogP contribution in [0.25, 0.3) is 0 Å². The van der Waals surface area contributed by atoms with E-state index in [2.05, 4.69) is 10.5 Å². The van der Waals surface area contributed by atoms with Crippen molar-refractivity contribution >= 4 is 11.7 Å². The van der Waals surface area contributed by atoms with Crippen molar-refractivity contribution in [3.05, 3.63) is 0 Å². The van der Waals surface area contributed by atoms with Crippen LogP contribution in [0.2, 0.25) is 0 Å². The SMILES string of the molecule is CC1CCC(C(=O)NC2(C(N)=NO)CCCC2)O1. The van der Waals surface area contributed by atoms with E-state index in [-0.39, 0.29) is 17.8 Å². The Balaban J connectivity index is 2.03. The summed E-state index contributed by atoms with van der Waals surface area (Å²) in [6, 6.07) is 0. The van der Waals surface area contributed by atoms with Crippen LogP contribution in [0.3, 0.4) is 0 Å². The first-order valence-electron chi connectivity index (χ1n) is 6.53. The van der Waals surface area contributed by atoms with Gasteiger partial charge >= 0.3 is 0 Å². The van der Waals surface area contributed by atoms with E-state index in [9.17, 15) is 4.79 Å². The van der Waals surface area contributed by atoms with Gasteiger partial charge in [0, 0.05) is 0 Å². The van der Waals surface area contributed by atoms with Crippen LogP contribution in [0, 0.1) is 0 Å². The zero-order valence-electron chi connectivity index (χ0n) is 10.7. The molecule has 0 bridgehead atoms. The minimum absolute atomic E-state index is 0.0967. The first-order valence-corrected chi connectivity index (χ1v) is 6.53. The summed E-state index contributed by atoms with van der Waals surface area (Å²) in [7, 11) is 0. The van der Waals surface area contributed by atoms with Crippen LogP contribution in [-0.4, -0.2) is 34.7 Å². The summed E-state index contributed by atoms with van der Waals surface area (Å²) in [5.41, 5.74) is 5.05. The van der Waals surface area contributed by atoms with Crippen LogP contribution < -0.4 is 11.1 Å². The van der Waals surface area contributed by atoms with Gasteiger partial charge in [-0.15, -0.1) is 0 Å². The van der Waals surface area contributed by atoms with Gasteiger partial charge in [0.25, 0.3) is 0 Å². The maximum absolute atomic E-state index is 12.1. The molecular formula is C12H21N3O3. The number of nitrogens with one attached hydrogen (secondary N) is 1. The quantitative estimate of drug-likeness (QED) is 0.300. The lowest BCUT2D eigenvalue weighted by Gasteiger charge is -2.30. The third-order valence-electron chi connectivity index (χ3n) is 3.94. The highest BCUT2D eigenvalue weighted by molar-refractivity contribution is 5.95. The van der Waals surface area contributed by atoms with Crippen molar-refractivity contribution in [3.63, 3.8) is 0 Å². The zero-order valence-corrected chi connectivity index (χ0v) is 10.7. The van der Waals surface area contributed by atoms with E-state index in [0.29, 0.717) is 0 Å². The number of hydrogen-bond acceptors (Lipinski definition) is 4. The second-order valence-corrected chi connectivity index (χ2v) is 5.28. The number of amides is 1. The van der Waals surface area contributed by atoms with Crippen LogP contribution in [0.4, 0.5) is 0 Å². The molecular weight excluding hydrogens is 234 g/mol. The molecule has 6 nitrogen and oxygen atoms in total. The van der Waals surface area contributed by atoms with Crippen LogP contribution in [0.5, 0.6) is 0 Å². The number of ether oxygens (including phenoxy) is 1. The number of oxime groups is 1. The van der Waals surface area contributed by atoms with Gasteiger partial charge in [0.05, 0.1) is 6.10 Å². The maximum Gasteiger partial charge on any atom is 0.249 e. The Morgan fingerprint density at radius 2 is 2.11 bits per heavy atom. The Kier molecular flexibility index (Phi) is 3.75. The third kappa shape index (κ3) is 2.43. The molecule has 6 heteroatoms. The fraction of sp³-hybridized carbons (Fsp3) is 0.833. The maximum atomic E-state index is 12.1. The molecule has 4 N–H and O–H groups in total. The third-order valence-corrected chi connectivity index (χ3v) is 3.94. The van der Waals surface area contributed by atoms with Gasteiger partial charge in [-0.3, -0.25) is 4.79 Å². The van der Waals surface area contributed by atoms with E-state index in [1.165, 1.54) is 0 Å². The topological polar surface area (TPSA) is 96.9 Å². The highest BCUT2D eigenvalue weighted by Crippen LogP contribution is 2.30. The average Bonchev–Trinajstić information content (AvgIpc) is 2.98. The first kappa shape index (κ1) is 13.1. The summed E-state index contributed by atoms with van der Waals surface area (Å²) in [5, 5.41) is 14.9. The molecule has 102 valence electrons. The molecule has 1 amide bonds. The van der Waals surface area contributed by atoms with Crippen molar-refractivity contribution in [1.82, 2.24) is 5.32 Å². The summed E-state index contributed by atoms with van der Waals surface area (Å²) < 4.78 is 5.54. The van der Waals surface area contributed by atoms with Crippen molar-refractivity contribution < 1.29 is 14.7 Å². The second kappa shape index (κ2) is 5.14. The van der Waals surface area contributed by atoms with Crippen molar-refractivity contribution in [2.45, 2.75) is 63.2 Å². The number of amidine groups is 1. The fourth-order valence-electron chi connectivity index (χ4n) is 2.83. The number of nitrogens with two attached hydrogens (primary N) is 1.